The summed E-state index contributed by atoms with van der Waals surface area (Å²) in [5.74, 6) is -0.211. The third-order valence-corrected chi connectivity index (χ3v) is 5.66. The molecule has 1 aromatic heterocycles. The van der Waals surface area contributed by atoms with E-state index in [0.717, 1.165) is 12.8 Å². The van der Waals surface area contributed by atoms with Crippen LogP contribution in [-0.2, 0) is 9.53 Å². The molecule has 2 aliphatic heterocycles. The van der Waals surface area contributed by atoms with Gasteiger partial charge in [0.15, 0.2) is 0 Å². The highest BCUT2D eigenvalue weighted by atomic mass is 32.1. The van der Waals surface area contributed by atoms with Gasteiger partial charge in [-0.1, -0.05) is 0 Å². The van der Waals surface area contributed by atoms with Crippen molar-refractivity contribution < 1.29 is 24.2 Å². The number of methoxy groups -OCH3 is 1. The van der Waals surface area contributed by atoms with Gasteiger partial charge < -0.3 is 19.5 Å². The summed E-state index contributed by atoms with van der Waals surface area (Å²) in [6.45, 7) is 1.82. The molecule has 6 nitrogen and oxygen atoms in total. The van der Waals surface area contributed by atoms with Crippen LogP contribution in [0.4, 0.5) is 0 Å². The van der Waals surface area contributed by atoms with E-state index in [1.165, 1.54) is 11.3 Å². The van der Waals surface area contributed by atoms with Crippen LogP contribution in [0.2, 0.25) is 0 Å². The van der Waals surface area contributed by atoms with Gasteiger partial charge in [0.1, 0.15) is 5.75 Å². The van der Waals surface area contributed by atoms with Crippen LogP contribution in [0.3, 0.4) is 0 Å². The number of carbonyl (C=O) groups excluding carboxylic acids is 1. The normalized spacial score (nSPS) is 25.5. The SMILES string of the molecule is COc1csc(C(=O)N2CCC([C@@H]3OCCC3C(=O)O)CC2)c1. The fraction of sp³-hybridized carbons (Fsp3) is 0.625. The molecule has 23 heavy (non-hydrogen) atoms. The zero-order valence-corrected chi connectivity index (χ0v) is 13.9. The van der Waals surface area contributed by atoms with Crippen molar-refractivity contribution in [1.82, 2.24) is 4.90 Å². The summed E-state index contributed by atoms with van der Waals surface area (Å²) in [5, 5.41) is 11.1. The number of carboxylic acid groups (broad SMARTS) is 1. The standard InChI is InChI=1S/C16H21NO5S/c1-21-11-8-13(23-9-11)15(18)17-5-2-10(3-6-17)14-12(16(19)20)4-7-22-14/h8-10,12,14H,2-7H2,1H3,(H,19,20)/t12?,14-/m0/s1. The van der Waals surface area contributed by atoms with E-state index in [4.69, 9.17) is 9.47 Å². The van der Waals surface area contributed by atoms with Gasteiger partial charge in [0.2, 0.25) is 0 Å². The first-order valence-electron chi connectivity index (χ1n) is 7.86. The molecule has 1 aromatic rings. The molecule has 2 aliphatic rings. The van der Waals surface area contributed by atoms with Gasteiger partial charge in [-0.05, 0) is 25.2 Å². The molecule has 1 N–H and O–H groups in total. The Labute approximate surface area is 139 Å². The average Bonchev–Trinajstić information content (AvgIpc) is 3.23. The lowest BCUT2D eigenvalue weighted by Crippen LogP contribution is -2.43. The highest BCUT2D eigenvalue weighted by Crippen LogP contribution is 2.34. The summed E-state index contributed by atoms with van der Waals surface area (Å²) in [7, 11) is 1.59. The molecule has 7 heteroatoms. The number of rotatable bonds is 4. The van der Waals surface area contributed by atoms with E-state index in [-0.39, 0.29) is 17.9 Å². The van der Waals surface area contributed by atoms with Crippen LogP contribution < -0.4 is 4.74 Å². The molecule has 0 bridgehead atoms. The summed E-state index contributed by atoms with van der Waals surface area (Å²) in [6.07, 6.45) is 1.98. The zero-order valence-electron chi connectivity index (χ0n) is 13.1. The summed E-state index contributed by atoms with van der Waals surface area (Å²) < 4.78 is 10.8. The van der Waals surface area contributed by atoms with Crippen molar-refractivity contribution in [3.63, 3.8) is 0 Å². The van der Waals surface area contributed by atoms with E-state index >= 15 is 0 Å². The third kappa shape index (κ3) is 3.35. The van der Waals surface area contributed by atoms with E-state index in [9.17, 15) is 14.7 Å². The van der Waals surface area contributed by atoms with Gasteiger partial charge in [0.05, 0.1) is 24.0 Å². The van der Waals surface area contributed by atoms with E-state index in [1.807, 2.05) is 10.3 Å². The maximum Gasteiger partial charge on any atom is 0.309 e. The molecule has 1 unspecified atom stereocenters. The number of amides is 1. The first-order chi connectivity index (χ1) is 11.1. The number of aliphatic carboxylic acids is 1. The highest BCUT2D eigenvalue weighted by molar-refractivity contribution is 7.12. The largest absolute Gasteiger partial charge is 0.496 e. The number of carboxylic acids is 1. The van der Waals surface area contributed by atoms with Gasteiger partial charge in [-0.25, -0.2) is 0 Å². The van der Waals surface area contributed by atoms with Gasteiger partial charge in [-0.3, -0.25) is 9.59 Å². The molecule has 0 radical (unpaired) electrons. The maximum absolute atomic E-state index is 12.5. The number of nitrogens with zero attached hydrogens (tertiary/aromatic N) is 1. The van der Waals surface area contributed by atoms with Crippen molar-refractivity contribution in [2.75, 3.05) is 26.8 Å². The van der Waals surface area contributed by atoms with Gasteiger partial charge in [-0.2, -0.15) is 0 Å². The Morgan fingerprint density at radius 2 is 2.09 bits per heavy atom. The predicted octanol–water partition coefficient (Wildman–Crippen LogP) is 2.10. The van der Waals surface area contributed by atoms with E-state index in [1.54, 1.807) is 13.2 Å². The lowest BCUT2D eigenvalue weighted by molar-refractivity contribution is -0.145. The van der Waals surface area contributed by atoms with Gasteiger partial charge in [-0.15, -0.1) is 11.3 Å². The van der Waals surface area contributed by atoms with E-state index in [0.29, 0.717) is 36.7 Å². The van der Waals surface area contributed by atoms with Crippen molar-refractivity contribution in [3.8, 4) is 5.75 Å². The number of likely N-dealkylation sites (tertiary alicyclic amines) is 1. The van der Waals surface area contributed by atoms with Crippen molar-refractivity contribution >= 4 is 23.2 Å². The Morgan fingerprint density at radius 3 is 2.70 bits per heavy atom. The Kier molecular flexibility index (Phi) is 4.87. The van der Waals surface area contributed by atoms with E-state index < -0.39 is 11.9 Å². The number of thiophene rings is 1. The topological polar surface area (TPSA) is 76.1 Å². The molecule has 0 saturated carbocycles. The number of ether oxygens (including phenoxy) is 2. The lowest BCUT2D eigenvalue weighted by Gasteiger charge is -2.35. The van der Waals surface area contributed by atoms with E-state index in [2.05, 4.69) is 0 Å². The molecule has 0 spiro atoms. The molecule has 2 fully saturated rings. The lowest BCUT2D eigenvalue weighted by atomic mass is 9.84. The quantitative estimate of drug-likeness (QED) is 0.909. The number of hydrogen-bond donors (Lipinski definition) is 1. The number of hydrogen-bond acceptors (Lipinski definition) is 5. The van der Waals surface area contributed by atoms with Crippen LogP contribution in [-0.4, -0.2) is 54.8 Å². The van der Waals surface area contributed by atoms with Gasteiger partial charge in [0.25, 0.3) is 5.91 Å². The Balaban J connectivity index is 1.58. The monoisotopic (exact) mass is 339 g/mol. The summed E-state index contributed by atoms with van der Waals surface area (Å²) in [5.41, 5.74) is 0. The number of piperidine rings is 1. The van der Waals surface area contributed by atoms with Crippen LogP contribution in [0.5, 0.6) is 5.75 Å². The minimum Gasteiger partial charge on any atom is -0.496 e. The van der Waals surface area contributed by atoms with Crippen LogP contribution in [0.1, 0.15) is 28.9 Å². The molecule has 2 atom stereocenters. The van der Waals surface area contributed by atoms with Crippen molar-refractivity contribution in [3.05, 3.63) is 16.3 Å². The third-order valence-electron chi connectivity index (χ3n) is 4.77. The molecule has 126 valence electrons. The van der Waals surface area contributed by atoms with Crippen LogP contribution in [0, 0.1) is 11.8 Å². The predicted molar refractivity (Wildman–Crippen MR) is 85.0 cm³/mol. The highest BCUT2D eigenvalue weighted by Gasteiger charge is 2.40. The minimum absolute atomic E-state index is 0.0267. The van der Waals surface area contributed by atoms with Crippen molar-refractivity contribution in [2.24, 2.45) is 11.8 Å². The summed E-state index contributed by atoms with van der Waals surface area (Å²) in [6, 6.07) is 1.76. The van der Waals surface area contributed by atoms with Crippen LogP contribution >= 0.6 is 11.3 Å². The minimum atomic E-state index is -0.767. The second kappa shape index (κ2) is 6.88. The second-order valence-electron chi connectivity index (χ2n) is 6.05. The van der Waals surface area contributed by atoms with Gasteiger partial charge >= 0.3 is 5.97 Å². The number of carbonyl (C=O) groups is 2. The van der Waals surface area contributed by atoms with Crippen LogP contribution in [0.25, 0.3) is 0 Å². The molecule has 3 heterocycles. The second-order valence-corrected chi connectivity index (χ2v) is 6.96. The zero-order chi connectivity index (χ0) is 16.4. The Hall–Kier alpha value is -1.60. The first kappa shape index (κ1) is 16.3. The maximum atomic E-state index is 12.5. The fourth-order valence-electron chi connectivity index (χ4n) is 3.47. The van der Waals surface area contributed by atoms with Crippen molar-refractivity contribution in [1.29, 1.82) is 0 Å². The average molecular weight is 339 g/mol. The molecular weight excluding hydrogens is 318 g/mol. The van der Waals surface area contributed by atoms with Crippen LogP contribution in [0.15, 0.2) is 11.4 Å². The fourth-order valence-corrected chi connectivity index (χ4v) is 4.29. The molecule has 0 aliphatic carbocycles. The molecule has 0 aromatic carbocycles. The van der Waals surface area contributed by atoms with Gasteiger partial charge in [0, 0.05) is 31.1 Å². The molecule has 1 amide bonds. The summed E-state index contributed by atoms with van der Waals surface area (Å²) in [4.78, 5) is 26.3. The summed E-state index contributed by atoms with van der Waals surface area (Å²) >= 11 is 1.39. The van der Waals surface area contributed by atoms with Crippen molar-refractivity contribution in [2.45, 2.75) is 25.4 Å². The smallest absolute Gasteiger partial charge is 0.309 e. The Morgan fingerprint density at radius 1 is 1.35 bits per heavy atom. The Bertz CT molecular complexity index is 579. The molecule has 2 saturated heterocycles. The first-order valence-corrected chi connectivity index (χ1v) is 8.74. The molecular formula is C16H21NO5S. The molecule has 3 rings (SSSR count).